The van der Waals surface area contributed by atoms with E-state index in [1.165, 1.54) is 12.1 Å². The van der Waals surface area contributed by atoms with Gasteiger partial charge in [-0.2, -0.15) is 0 Å². The molecule has 2 N–H and O–H groups in total. The second kappa shape index (κ2) is 8.33. The highest BCUT2D eigenvalue weighted by Gasteiger charge is 1.96. The van der Waals surface area contributed by atoms with Crippen molar-refractivity contribution in [2.75, 3.05) is 27.2 Å². The van der Waals surface area contributed by atoms with Crippen LogP contribution in [0.2, 0.25) is 0 Å². The fourth-order valence-corrected chi connectivity index (χ4v) is 1.43. The van der Waals surface area contributed by atoms with Crippen molar-refractivity contribution < 1.29 is 9.13 Å². The van der Waals surface area contributed by atoms with E-state index in [0.29, 0.717) is 12.4 Å². The van der Waals surface area contributed by atoms with Crippen molar-refractivity contribution in [3.8, 4) is 5.75 Å². The molecule has 0 spiro atoms. The number of unbranched alkanes of at least 4 members (excludes halogenated alkanes) is 1. The van der Waals surface area contributed by atoms with Crippen LogP contribution < -0.4 is 15.4 Å². The third-order valence-corrected chi connectivity index (χ3v) is 2.41. The van der Waals surface area contributed by atoms with Gasteiger partial charge in [0, 0.05) is 20.6 Å². The minimum atomic E-state index is -0.245. The summed E-state index contributed by atoms with van der Waals surface area (Å²) in [5.74, 6) is 1.25. The summed E-state index contributed by atoms with van der Waals surface area (Å²) in [5, 5.41) is 6.10. The molecule has 0 radical (unpaired) electrons. The zero-order chi connectivity index (χ0) is 13.2. The van der Waals surface area contributed by atoms with Crippen molar-refractivity contribution in [3.05, 3.63) is 30.1 Å². The van der Waals surface area contributed by atoms with Gasteiger partial charge in [0.15, 0.2) is 5.96 Å². The Morgan fingerprint density at radius 3 is 2.61 bits per heavy atom. The molecular weight excluding hydrogens is 233 g/mol. The predicted molar refractivity (Wildman–Crippen MR) is 71.6 cm³/mol. The molecule has 0 bridgehead atoms. The van der Waals surface area contributed by atoms with Crippen LogP contribution in [0, 0.1) is 5.82 Å². The van der Waals surface area contributed by atoms with Gasteiger partial charge in [-0.3, -0.25) is 4.99 Å². The number of rotatable bonds is 6. The topological polar surface area (TPSA) is 45.7 Å². The van der Waals surface area contributed by atoms with Crippen molar-refractivity contribution in [1.29, 1.82) is 0 Å². The Morgan fingerprint density at radius 1 is 1.28 bits per heavy atom. The van der Waals surface area contributed by atoms with Crippen LogP contribution in [0.1, 0.15) is 12.8 Å². The molecule has 0 aliphatic heterocycles. The molecule has 18 heavy (non-hydrogen) atoms. The summed E-state index contributed by atoms with van der Waals surface area (Å²) in [6.07, 6.45) is 1.92. The van der Waals surface area contributed by atoms with Crippen LogP contribution in [0.15, 0.2) is 29.3 Å². The van der Waals surface area contributed by atoms with Crippen molar-refractivity contribution in [2.24, 2.45) is 4.99 Å². The number of halogens is 1. The first-order chi connectivity index (χ1) is 8.76. The molecule has 100 valence electrons. The average Bonchev–Trinajstić information content (AvgIpc) is 2.40. The number of benzene rings is 1. The summed E-state index contributed by atoms with van der Waals surface area (Å²) in [6.45, 7) is 1.48. The molecule has 0 atom stereocenters. The number of aliphatic imine (C=N–C) groups is 1. The molecule has 1 aromatic carbocycles. The molecule has 0 saturated carbocycles. The second-order valence-electron chi connectivity index (χ2n) is 3.76. The Bertz CT molecular complexity index is 365. The van der Waals surface area contributed by atoms with E-state index < -0.39 is 0 Å². The highest BCUT2D eigenvalue weighted by Crippen LogP contribution is 2.11. The lowest BCUT2D eigenvalue weighted by atomic mass is 10.3. The standard InChI is InChI=1S/C13H20FN3O/c1-15-13(16-2)17-9-3-4-10-18-12-7-5-11(14)6-8-12/h5-8H,3-4,9-10H2,1-2H3,(H2,15,16,17). The van der Waals surface area contributed by atoms with Gasteiger partial charge in [-0.25, -0.2) is 4.39 Å². The summed E-state index contributed by atoms with van der Waals surface area (Å²) in [5.41, 5.74) is 0. The monoisotopic (exact) mass is 253 g/mol. The molecule has 1 aromatic rings. The first-order valence-corrected chi connectivity index (χ1v) is 6.03. The smallest absolute Gasteiger partial charge is 0.190 e. The minimum Gasteiger partial charge on any atom is -0.494 e. The minimum absolute atomic E-state index is 0.245. The largest absolute Gasteiger partial charge is 0.494 e. The number of guanidine groups is 1. The molecule has 5 heteroatoms. The zero-order valence-electron chi connectivity index (χ0n) is 10.9. The van der Waals surface area contributed by atoms with Gasteiger partial charge >= 0.3 is 0 Å². The van der Waals surface area contributed by atoms with Crippen LogP contribution in [-0.4, -0.2) is 33.2 Å². The van der Waals surface area contributed by atoms with Gasteiger partial charge in [0.2, 0.25) is 0 Å². The summed E-state index contributed by atoms with van der Waals surface area (Å²) >= 11 is 0. The SMILES string of the molecule is CN=C(NC)NCCCCOc1ccc(F)cc1. The fourth-order valence-electron chi connectivity index (χ4n) is 1.43. The highest BCUT2D eigenvalue weighted by molar-refractivity contribution is 5.79. The van der Waals surface area contributed by atoms with E-state index in [1.807, 2.05) is 7.05 Å². The van der Waals surface area contributed by atoms with E-state index in [-0.39, 0.29) is 5.82 Å². The lowest BCUT2D eigenvalue weighted by molar-refractivity contribution is 0.306. The molecule has 0 aliphatic rings. The van der Waals surface area contributed by atoms with Crippen molar-refractivity contribution >= 4 is 5.96 Å². The van der Waals surface area contributed by atoms with E-state index in [4.69, 9.17) is 4.74 Å². The first-order valence-electron chi connectivity index (χ1n) is 6.03. The van der Waals surface area contributed by atoms with Crippen LogP contribution >= 0.6 is 0 Å². The lowest BCUT2D eigenvalue weighted by Crippen LogP contribution is -2.35. The average molecular weight is 253 g/mol. The van der Waals surface area contributed by atoms with Crippen LogP contribution in [0.3, 0.4) is 0 Å². The second-order valence-corrected chi connectivity index (χ2v) is 3.76. The zero-order valence-corrected chi connectivity index (χ0v) is 10.9. The molecule has 0 saturated heterocycles. The molecule has 0 heterocycles. The Hall–Kier alpha value is -1.78. The molecule has 0 unspecified atom stereocenters. The van der Waals surface area contributed by atoms with Gasteiger partial charge in [-0.15, -0.1) is 0 Å². The fraction of sp³-hybridized carbons (Fsp3) is 0.462. The third-order valence-electron chi connectivity index (χ3n) is 2.41. The van der Waals surface area contributed by atoms with Gasteiger partial charge in [-0.1, -0.05) is 0 Å². The quantitative estimate of drug-likeness (QED) is 0.461. The summed E-state index contributed by atoms with van der Waals surface area (Å²) < 4.78 is 18.1. The van der Waals surface area contributed by atoms with Crippen molar-refractivity contribution in [1.82, 2.24) is 10.6 Å². The van der Waals surface area contributed by atoms with E-state index >= 15 is 0 Å². The van der Waals surface area contributed by atoms with Crippen molar-refractivity contribution in [2.45, 2.75) is 12.8 Å². The Labute approximate surface area is 107 Å². The van der Waals surface area contributed by atoms with Gasteiger partial charge in [0.25, 0.3) is 0 Å². The van der Waals surface area contributed by atoms with Crippen LogP contribution in [0.5, 0.6) is 5.75 Å². The maximum absolute atomic E-state index is 12.6. The Morgan fingerprint density at radius 2 is 2.00 bits per heavy atom. The van der Waals surface area contributed by atoms with Gasteiger partial charge < -0.3 is 15.4 Å². The maximum Gasteiger partial charge on any atom is 0.190 e. The molecule has 0 aromatic heterocycles. The summed E-state index contributed by atoms with van der Waals surface area (Å²) in [4.78, 5) is 4.01. The molecule has 0 aliphatic carbocycles. The van der Waals surface area contributed by atoms with Gasteiger partial charge in [-0.05, 0) is 37.1 Å². The summed E-state index contributed by atoms with van der Waals surface area (Å²) in [6, 6.07) is 6.06. The van der Waals surface area contributed by atoms with Gasteiger partial charge in [0.05, 0.1) is 6.61 Å². The predicted octanol–water partition coefficient (Wildman–Crippen LogP) is 1.78. The number of hydrogen-bond acceptors (Lipinski definition) is 2. The molecular formula is C13H20FN3O. The van der Waals surface area contributed by atoms with Crippen LogP contribution in [-0.2, 0) is 0 Å². The number of nitrogens with zero attached hydrogens (tertiary/aromatic N) is 1. The van der Waals surface area contributed by atoms with Gasteiger partial charge in [0.1, 0.15) is 11.6 Å². The number of nitrogens with one attached hydrogen (secondary N) is 2. The lowest BCUT2D eigenvalue weighted by Gasteiger charge is -2.09. The van der Waals surface area contributed by atoms with Crippen molar-refractivity contribution in [3.63, 3.8) is 0 Å². The molecule has 0 amide bonds. The first kappa shape index (κ1) is 14.3. The molecule has 0 fully saturated rings. The van der Waals surface area contributed by atoms with E-state index in [0.717, 1.165) is 25.3 Å². The Kier molecular flexibility index (Phi) is 6.61. The van der Waals surface area contributed by atoms with E-state index in [9.17, 15) is 4.39 Å². The highest BCUT2D eigenvalue weighted by atomic mass is 19.1. The Balaban J connectivity index is 2.07. The van der Waals surface area contributed by atoms with Crippen LogP contribution in [0.4, 0.5) is 4.39 Å². The van der Waals surface area contributed by atoms with E-state index in [1.54, 1.807) is 19.2 Å². The number of ether oxygens (including phenoxy) is 1. The molecule has 1 rings (SSSR count). The molecule has 4 nitrogen and oxygen atoms in total. The number of hydrogen-bond donors (Lipinski definition) is 2. The normalized spacial score (nSPS) is 11.2. The third kappa shape index (κ3) is 5.52. The summed E-state index contributed by atoms with van der Waals surface area (Å²) in [7, 11) is 3.56. The van der Waals surface area contributed by atoms with E-state index in [2.05, 4.69) is 15.6 Å². The maximum atomic E-state index is 12.6. The van der Waals surface area contributed by atoms with Crippen LogP contribution in [0.25, 0.3) is 0 Å².